The predicted octanol–water partition coefficient (Wildman–Crippen LogP) is 2.64. The van der Waals surface area contributed by atoms with Crippen LogP contribution >= 0.6 is 0 Å². The summed E-state index contributed by atoms with van der Waals surface area (Å²) in [7, 11) is 0. The number of fused-ring (bicyclic) bond motifs is 1. The van der Waals surface area contributed by atoms with Crippen molar-refractivity contribution in [3.05, 3.63) is 66.5 Å². The minimum Gasteiger partial charge on any atom is -0.378 e. The summed E-state index contributed by atoms with van der Waals surface area (Å²) in [6.45, 7) is 4.03. The molecule has 8 heteroatoms. The Kier molecular flexibility index (Phi) is 4.75. The van der Waals surface area contributed by atoms with Gasteiger partial charge in [-0.3, -0.25) is 4.98 Å². The van der Waals surface area contributed by atoms with Gasteiger partial charge in [0.25, 0.3) is 0 Å². The molecule has 0 saturated carbocycles. The summed E-state index contributed by atoms with van der Waals surface area (Å²) in [6, 6.07) is 16.1. The number of aromatic nitrogens is 5. The Bertz CT molecular complexity index is 1090. The van der Waals surface area contributed by atoms with Crippen LogP contribution in [-0.2, 0) is 11.3 Å². The van der Waals surface area contributed by atoms with Crippen molar-refractivity contribution < 1.29 is 4.74 Å². The Balaban J connectivity index is 1.38. The van der Waals surface area contributed by atoms with E-state index in [2.05, 4.69) is 54.8 Å². The first-order valence-electron chi connectivity index (χ1n) is 9.65. The van der Waals surface area contributed by atoms with Crippen LogP contribution < -0.4 is 10.2 Å². The highest BCUT2D eigenvalue weighted by atomic mass is 16.5. The lowest BCUT2D eigenvalue weighted by Crippen LogP contribution is -2.36. The van der Waals surface area contributed by atoms with Gasteiger partial charge in [0.15, 0.2) is 11.5 Å². The van der Waals surface area contributed by atoms with E-state index in [4.69, 9.17) is 4.74 Å². The molecular formula is C21H21N7O. The van der Waals surface area contributed by atoms with Gasteiger partial charge in [0, 0.05) is 43.3 Å². The van der Waals surface area contributed by atoms with E-state index in [1.165, 1.54) is 5.69 Å². The second-order valence-electron chi connectivity index (χ2n) is 6.87. The van der Waals surface area contributed by atoms with Crippen molar-refractivity contribution in [3.8, 4) is 11.4 Å². The third-order valence-electron chi connectivity index (χ3n) is 4.96. The molecule has 4 aromatic rings. The molecule has 0 bridgehead atoms. The number of anilines is 2. The number of hydrogen-bond acceptors (Lipinski definition) is 7. The van der Waals surface area contributed by atoms with E-state index in [1.54, 1.807) is 10.7 Å². The minimum atomic E-state index is 0.651. The van der Waals surface area contributed by atoms with Gasteiger partial charge in [-0.1, -0.05) is 6.07 Å². The molecule has 1 fully saturated rings. The van der Waals surface area contributed by atoms with Gasteiger partial charge in [0.1, 0.15) is 5.82 Å². The summed E-state index contributed by atoms with van der Waals surface area (Å²) < 4.78 is 7.20. The Labute approximate surface area is 168 Å². The summed E-state index contributed by atoms with van der Waals surface area (Å²) in [5.41, 5.74) is 3.98. The lowest BCUT2D eigenvalue weighted by molar-refractivity contribution is 0.122. The highest BCUT2D eigenvalue weighted by molar-refractivity contribution is 5.63. The molecule has 1 saturated heterocycles. The fraction of sp³-hybridized carbons (Fsp3) is 0.238. The number of pyridine rings is 1. The molecule has 0 aliphatic carbocycles. The number of nitrogens with zero attached hydrogens (tertiary/aromatic N) is 6. The van der Waals surface area contributed by atoms with Gasteiger partial charge < -0.3 is 15.0 Å². The molecule has 5 rings (SSSR count). The lowest BCUT2D eigenvalue weighted by Gasteiger charge is -2.28. The number of hydrogen-bond donors (Lipinski definition) is 1. The molecule has 0 radical (unpaired) electrons. The maximum atomic E-state index is 5.43. The van der Waals surface area contributed by atoms with Crippen molar-refractivity contribution in [2.75, 3.05) is 36.5 Å². The average molecular weight is 387 g/mol. The van der Waals surface area contributed by atoms with E-state index in [-0.39, 0.29) is 0 Å². The average Bonchev–Trinajstić information content (AvgIpc) is 3.22. The minimum absolute atomic E-state index is 0.651. The van der Waals surface area contributed by atoms with E-state index < -0.39 is 0 Å². The van der Waals surface area contributed by atoms with Crippen LogP contribution in [0.2, 0.25) is 0 Å². The van der Waals surface area contributed by atoms with E-state index in [0.717, 1.165) is 49.1 Å². The molecule has 0 amide bonds. The van der Waals surface area contributed by atoms with Gasteiger partial charge in [0.2, 0.25) is 0 Å². The van der Waals surface area contributed by atoms with Crippen LogP contribution in [0.1, 0.15) is 5.56 Å². The molecule has 4 heterocycles. The maximum Gasteiger partial charge on any atom is 0.185 e. The predicted molar refractivity (Wildman–Crippen MR) is 111 cm³/mol. The van der Waals surface area contributed by atoms with Crippen LogP contribution in [0.3, 0.4) is 0 Å². The molecule has 1 aliphatic heterocycles. The van der Waals surface area contributed by atoms with Crippen molar-refractivity contribution in [1.29, 1.82) is 0 Å². The van der Waals surface area contributed by atoms with Crippen molar-refractivity contribution >= 4 is 17.2 Å². The summed E-state index contributed by atoms with van der Waals surface area (Å²) in [5, 5.41) is 16.6. The van der Waals surface area contributed by atoms with Gasteiger partial charge in [-0.15, -0.1) is 15.3 Å². The van der Waals surface area contributed by atoms with Crippen molar-refractivity contribution in [3.63, 3.8) is 0 Å². The van der Waals surface area contributed by atoms with E-state index in [9.17, 15) is 0 Å². The number of rotatable bonds is 5. The van der Waals surface area contributed by atoms with Crippen molar-refractivity contribution in [1.82, 2.24) is 24.8 Å². The first-order chi connectivity index (χ1) is 14.4. The molecule has 0 spiro atoms. The van der Waals surface area contributed by atoms with Gasteiger partial charge in [-0.25, -0.2) is 0 Å². The molecule has 1 aliphatic rings. The van der Waals surface area contributed by atoms with Crippen molar-refractivity contribution in [2.24, 2.45) is 0 Å². The van der Waals surface area contributed by atoms with Gasteiger partial charge in [0.05, 0.1) is 13.2 Å². The highest BCUT2D eigenvalue weighted by Gasteiger charge is 2.13. The summed E-state index contributed by atoms with van der Waals surface area (Å²) in [4.78, 5) is 6.46. The first-order valence-corrected chi connectivity index (χ1v) is 9.65. The SMILES string of the molecule is c1cncc(CNc2ccc3nnc(-c4ccc(N5CCOCC5)cc4)n3n2)c1. The third-order valence-corrected chi connectivity index (χ3v) is 4.96. The van der Waals surface area contributed by atoms with Crippen molar-refractivity contribution in [2.45, 2.75) is 6.54 Å². The molecule has 1 N–H and O–H groups in total. The zero-order valence-corrected chi connectivity index (χ0v) is 15.9. The Morgan fingerprint density at radius 2 is 1.83 bits per heavy atom. The van der Waals surface area contributed by atoms with E-state index >= 15 is 0 Å². The number of nitrogens with one attached hydrogen (secondary N) is 1. The van der Waals surface area contributed by atoms with Crippen LogP contribution in [0.15, 0.2) is 60.9 Å². The normalized spacial score (nSPS) is 14.3. The van der Waals surface area contributed by atoms with Crippen LogP contribution in [0, 0.1) is 0 Å². The van der Waals surface area contributed by atoms with Gasteiger partial charge in [-0.2, -0.15) is 4.52 Å². The summed E-state index contributed by atoms with van der Waals surface area (Å²) >= 11 is 0. The molecule has 1 aromatic carbocycles. The molecular weight excluding hydrogens is 366 g/mol. The van der Waals surface area contributed by atoms with E-state index in [0.29, 0.717) is 12.2 Å². The van der Waals surface area contributed by atoms with Gasteiger partial charge in [-0.05, 0) is 48.0 Å². The monoisotopic (exact) mass is 387 g/mol. The highest BCUT2D eigenvalue weighted by Crippen LogP contribution is 2.23. The first kappa shape index (κ1) is 17.6. The molecule has 29 heavy (non-hydrogen) atoms. The summed E-state index contributed by atoms with van der Waals surface area (Å²) in [5.74, 6) is 1.48. The van der Waals surface area contributed by atoms with E-state index in [1.807, 2.05) is 30.5 Å². The lowest BCUT2D eigenvalue weighted by atomic mass is 10.2. The zero-order chi connectivity index (χ0) is 19.5. The second kappa shape index (κ2) is 7.84. The number of morpholine rings is 1. The number of ether oxygens (including phenoxy) is 1. The Morgan fingerprint density at radius 1 is 0.966 bits per heavy atom. The zero-order valence-electron chi connectivity index (χ0n) is 15.9. The van der Waals surface area contributed by atoms with Crippen LogP contribution in [0.25, 0.3) is 17.0 Å². The smallest absolute Gasteiger partial charge is 0.185 e. The van der Waals surface area contributed by atoms with Crippen LogP contribution in [0.4, 0.5) is 11.5 Å². The molecule has 0 atom stereocenters. The fourth-order valence-corrected chi connectivity index (χ4v) is 3.40. The third kappa shape index (κ3) is 3.74. The summed E-state index contributed by atoms with van der Waals surface area (Å²) in [6.07, 6.45) is 3.60. The van der Waals surface area contributed by atoms with Crippen LogP contribution in [-0.4, -0.2) is 51.1 Å². The maximum absolute atomic E-state index is 5.43. The Morgan fingerprint density at radius 3 is 2.62 bits per heavy atom. The topological polar surface area (TPSA) is 80.5 Å². The quantitative estimate of drug-likeness (QED) is 0.564. The Hall–Kier alpha value is -3.52. The largest absolute Gasteiger partial charge is 0.378 e. The van der Waals surface area contributed by atoms with Crippen LogP contribution in [0.5, 0.6) is 0 Å². The molecule has 146 valence electrons. The standard InChI is InChI=1S/C21H21N7O/c1-2-16(14-22-9-1)15-23-19-7-8-20-24-25-21(28(20)26-19)17-3-5-18(6-4-17)27-10-12-29-13-11-27/h1-9,14H,10-13,15H2,(H,23,26). The van der Waals surface area contributed by atoms with Gasteiger partial charge >= 0.3 is 0 Å². The molecule has 0 unspecified atom stereocenters. The molecule has 8 nitrogen and oxygen atoms in total. The fourth-order valence-electron chi connectivity index (χ4n) is 3.40. The second-order valence-corrected chi connectivity index (χ2v) is 6.87. The molecule has 3 aromatic heterocycles. The number of benzene rings is 1.